The molecule has 5 heteroatoms. The van der Waals surface area contributed by atoms with Gasteiger partial charge in [0.2, 0.25) is 0 Å². The summed E-state index contributed by atoms with van der Waals surface area (Å²) < 4.78 is 0. The van der Waals surface area contributed by atoms with Gasteiger partial charge in [-0.2, -0.15) is 0 Å². The first-order chi connectivity index (χ1) is 11.2. The second-order valence-corrected chi connectivity index (χ2v) is 6.11. The molecule has 2 aromatic rings. The van der Waals surface area contributed by atoms with Gasteiger partial charge in [-0.05, 0) is 50.3 Å². The number of hydrogen-bond donors (Lipinski definition) is 3. The van der Waals surface area contributed by atoms with Gasteiger partial charge < -0.3 is 15.4 Å². The van der Waals surface area contributed by atoms with Gasteiger partial charge in [0.1, 0.15) is 5.82 Å². The zero-order valence-electron chi connectivity index (χ0n) is 13.5. The lowest BCUT2D eigenvalue weighted by molar-refractivity contribution is -0.133. The van der Waals surface area contributed by atoms with Gasteiger partial charge in [0.05, 0.1) is 16.6 Å². The summed E-state index contributed by atoms with van der Waals surface area (Å²) in [6.45, 7) is 2.17. The van der Waals surface area contributed by atoms with Crippen molar-refractivity contribution >= 4 is 22.7 Å². The molecule has 3 rings (SSSR count). The first-order valence-corrected chi connectivity index (χ1v) is 8.38. The average molecular weight is 313 g/mol. The van der Waals surface area contributed by atoms with Gasteiger partial charge in [-0.3, -0.25) is 0 Å². The van der Waals surface area contributed by atoms with Crippen molar-refractivity contribution in [1.82, 2.24) is 9.97 Å². The van der Waals surface area contributed by atoms with Crippen molar-refractivity contribution in [3.8, 4) is 0 Å². The summed E-state index contributed by atoms with van der Waals surface area (Å²) in [5.74, 6) is 0.207. The largest absolute Gasteiger partial charge is 0.478 e. The Morgan fingerprint density at radius 1 is 1.35 bits per heavy atom. The summed E-state index contributed by atoms with van der Waals surface area (Å²) in [4.78, 5) is 19.3. The van der Waals surface area contributed by atoms with Crippen LogP contribution in [-0.2, 0) is 11.2 Å². The van der Waals surface area contributed by atoms with Gasteiger partial charge in [0.25, 0.3) is 0 Å². The van der Waals surface area contributed by atoms with Crippen LogP contribution in [0.5, 0.6) is 0 Å². The highest BCUT2D eigenvalue weighted by Gasteiger charge is 2.18. The molecule has 23 heavy (non-hydrogen) atoms. The predicted molar refractivity (Wildman–Crippen MR) is 91.5 cm³/mol. The SMILES string of the molecule is CCCCc1nc2ccc(NC3=C(C(=O)O)CCCC3)cc2[nH]1. The van der Waals surface area contributed by atoms with E-state index >= 15 is 0 Å². The standard InChI is InChI=1S/C18H23N3O2/c1-2-3-8-17-20-15-10-9-12(11-16(15)21-17)19-14-7-5-4-6-13(14)18(22)23/h9-11,19H,2-8H2,1H3,(H,20,21)(H,22,23). The Labute approximate surface area is 135 Å². The highest BCUT2D eigenvalue weighted by molar-refractivity contribution is 5.89. The zero-order valence-corrected chi connectivity index (χ0v) is 13.5. The summed E-state index contributed by atoms with van der Waals surface area (Å²) in [6.07, 6.45) is 6.66. The number of aryl methyl sites for hydroxylation is 1. The number of nitrogens with zero attached hydrogens (tertiary/aromatic N) is 1. The zero-order chi connectivity index (χ0) is 16.2. The van der Waals surface area contributed by atoms with Crippen molar-refractivity contribution in [2.75, 3.05) is 5.32 Å². The molecule has 0 saturated heterocycles. The van der Waals surface area contributed by atoms with Crippen LogP contribution in [0.1, 0.15) is 51.3 Å². The highest BCUT2D eigenvalue weighted by atomic mass is 16.4. The molecule has 1 aromatic heterocycles. The quantitative estimate of drug-likeness (QED) is 0.745. The minimum atomic E-state index is -0.809. The molecule has 0 unspecified atom stereocenters. The van der Waals surface area contributed by atoms with E-state index in [0.29, 0.717) is 12.0 Å². The third-order valence-corrected chi connectivity index (χ3v) is 4.32. The van der Waals surface area contributed by atoms with Crippen LogP contribution in [0.4, 0.5) is 5.69 Å². The van der Waals surface area contributed by atoms with Crippen molar-refractivity contribution in [3.63, 3.8) is 0 Å². The number of carbonyl (C=O) groups is 1. The topological polar surface area (TPSA) is 78.0 Å². The molecule has 0 aliphatic heterocycles. The number of imidazole rings is 1. The van der Waals surface area contributed by atoms with E-state index in [1.54, 1.807) is 0 Å². The number of fused-ring (bicyclic) bond motifs is 1. The van der Waals surface area contributed by atoms with E-state index in [2.05, 4.69) is 22.2 Å². The normalized spacial score (nSPS) is 15.2. The third-order valence-electron chi connectivity index (χ3n) is 4.32. The number of aliphatic carboxylic acids is 1. The minimum absolute atomic E-state index is 0.518. The van der Waals surface area contributed by atoms with E-state index in [-0.39, 0.29) is 0 Å². The number of anilines is 1. The number of carboxylic acids is 1. The number of aromatic amines is 1. The number of hydrogen-bond acceptors (Lipinski definition) is 3. The van der Waals surface area contributed by atoms with Gasteiger partial charge in [-0.1, -0.05) is 13.3 Å². The molecule has 1 aliphatic rings. The van der Waals surface area contributed by atoms with Gasteiger partial charge in [0, 0.05) is 17.8 Å². The molecule has 122 valence electrons. The molecular weight excluding hydrogens is 290 g/mol. The molecule has 1 aliphatic carbocycles. The number of allylic oxidation sites excluding steroid dienone is 1. The van der Waals surface area contributed by atoms with E-state index < -0.39 is 5.97 Å². The van der Waals surface area contributed by atoms with Crippen LogP contribution in [0.15, 0.2) is 29.5 Å². The lowest BCUT2D eigenvalue weighted by Gasteiger charge is -2.19. The maximum atomic E-state index is 11.4. The first kappa shape index (κ1) is 15.6. The van der Waals surface area contributed by atoms with Crippen molar-refractivity contribution < 1.29 is 9.90 Å². The van der Waals surface area contributed by atoms with Crippen molar-refractivity contribution in [2.24, 2.45) is 0 Å². The van der Waals surface area contributed by atoms with E-state index in [9.17, 15) is 9.90 Å². The van der Waals surface area contributed by atoms with Crippen LogP contribution in [0, 0.1) is 0 Å². The van der Waals surface area contributed by atoms with Crippen LogP contribution in [0.2, 0.25) is 0 Å². The number of unbranched alkanes of at least 4 members (excludes halogenated alkanes) is 1. The lowest BCUT2D eigenvalue weighted by Crippen LogP contribution is -2.14. The van der Waals surface area contributed by atoms with Gasteiger partial charge in [0.15, 0.2) is 0 Å². The van der Waals surface area contributed by atoms with Crippen LogP contribution in [0.25, 0.3) is 11.0 Å². The molecule has 0 fully saturated rings. The van der Waals surface area contributed by atoms with Crippen LogP contribution >= 0.6 is 0 Å². The highest BCUT2D eigenvalue weighted by Crippen LogP contribution is 2.27. The Morgan fingerprint density at radius 2 is 2.17 bits per heavy atom. The van der Waals surface area contributed by atoms with Crippen LogP contribution in [0.3, 0.4) is 0 Å². The number of H-pyrrole nitrogens is 1. The van der Waals surface area contributed by atoms with E-state index in [0.717, 1.165) is 66.8 Å². The number of benzene rings is 1. The molecule has 0 amide bonds. The Hall–Kier alpha value is -2.30. The molecule has 1 aromatic carbocycles. The summed E-state index contributed by atoms with van der Waals surface area (Å²) in [6, 6.07) is 5.96. The van der Waals surface area contributed by atoms with Crippen molar-refractivity contribution in [3.05, 3.63) is 35.3 Å². The molecule has 0 atom stereocenters. The van der Waals surface area contributed by atoms with Gasteiger partial charge in [-0.25, -0.2) is 9.78 Å². The Bertz CT molecular complexity index is 746. The first-order valence-electron chi connectivity index (χ1n) is 8.38. The molecule has 0 spiro atoms. The third kappa shape index (κ3) is 3.55. The summed E-state index contributed by atoms with van der Waals surface area (Å²) in [7, 11) is 0. The second-order valence-electron chi connectivity index (χ2n) is 6.11. The number of rotatable bonds is 6. The van der Waals surface area contributed by atoms with E-state index in [1.165, 1.54) is 0 Å². The average Bonchev–Trinajstić information content (AvgIpc) is 2.95. The molecular formula is C18H23N3O2. The van der Waals surface area contributed by atoms with Gasteiger partial charge in [-0.15, -0.1) is 0 Å². The van der Waals surface area contributed by atoms with Gasteiger partial charge >= 0.3 is 5.97 Å². The summed E-state index contributed by atoms with van der Waals surface area (Å²) >= 11 is 0. The van der Waals surface area contributed by atoms with Crippen LogP contribution < -0.4 is 5.32 Å². The fraction of sp³-hybridized carbons (Fsp3) is 0.444. The van der Waals surface area contributed by atoms with Crippen molar-refractivity contribution in [1.29, 1.82) is 0 Å². The Balaban J connectivity index is 1.84. The maximum absolute atomic E-state index is 11.4. The fourth-order valence-electron chi connectivity index (χ4n) is 3.06. The molecule has 0 radical (unpaired) electrons. The number of aromatic nitrogens is 2. The number of nitrogens with one attached hydrogen (secondary N) is 2. The Kier molecular flexibility index (Phi) is 4.65. The fourth-order valence-corrected chi connectivity index (χ4v) is 3.06. The predicted octanol–water partition coefficient (Wildman–Crippen LogP) is 4.23. The lowest BCUT2D eigenvalue weighted by atomic mass is 9.96. The maximum Gasteiger partial charge on any atom is 0.333 e. The van der Waals surface area contributed by atoms with Crippen molar-refractivity contribution in [2.45, 2.75) is 51.9 Å². The van der Waals surface area contributed by atoms with E-state index in [1.807, 2.05) is 18.2 Å². The Morgan fingerprint density at radius 3 is 2.96 bits per heavy atom. The summed E-state index contributed by atoms with van der Waals surface area (Å²) in [5, 5.41) is 12.6. The van der Waals surface area contributed by atoms with Crippen LogP contribution in [-0.4, -0.2) is 21.0 Å². The molecule has 1 heterocycles. The monoisotopic (exact) mass is 313 g/mol. The smallest absolute Gasteiger partial charge is 0.333 e. The molecule has 5 nitrogen and oxygen atoms in total. The number of carboxylic acid groups (broad SMARTS) is 1. The molecule has 0 saturated carbocycles. The second kappa shape index (κ2) is 6.86. The van der Waals surface area contributed by atoms with E-state index in [4.69, 9.17) is 0 Å². The molecule has 3 N–H and O–H groups in total. The molecule has 0 bridgehead atoms. The minimum Gasteiger partial charge on any atom is -0.478 e. The summed E-state index contributed by atoms with van der Waals surface area (Å²) in [5.41, 5.74) is 4.23.